The molecule has 142 valence electrons. The molecule has 5 heteroatoms. The molecule has 0 aliphatic heterocycles. The van der Waals surface area contributed by atoms with Crippen LogP contribution in [0.2, 0.25) is 0 Å². The van der Waals surface area contributed by atoms with Crippen LogP contribution in [0.5, 0.6) is 5.75 Å². The molecule has 0 spiro atoms. The average molecular weight is 438 g/mol. The molecule has 2 N–H and O–H groups in total. The van der Waals surface area contributed by atoms with Gasteiger partial charge in [0.1, 0.15) is 12.4 Å². The number of alkyl carbamates (subject to hydrolysis) is 1. The van der Waals surface area contributed by atoms with Crippen molar-refractivity contribution in [3.63, 3.8) is 0 Å². The summed E-state index contributed by atoms with van der Waals surface area (Å²) in [6.07, 6.45) is -0.503. The minimum atomic E-state index is -0.503. The van der Waals surface area contributed by atoms with Gasteiger partial charge in [0, 0.05) is 16.0 Å². The maximum absolute atomic E-state index is 12.4. The first-order valence-corrected chi connectivity index (χ1v) is 9.94. The van der Waals surface area contributed by atoms with E-state index >= 15 is 0 Å². The SMILES string of the molecule is C[C@H](NC(=O)OCC1c2ccccc2-c2ccccc21)c1ccc(Br)cc1O. The summed E-state index contributed by atoms with van der Waals surface area (Å²) in [5.74, 6) is 0.148. The number of fused-ring (bicyclic) bond motifs is 3. The Morgan fingerprint density at radius 3 is 2.29 bits per heavy atom. The molecule has 28 heavy (non-hydrogen) atoms. The molecule has 0 aromatic heterocycles. The molecular formula is C23H20BrNO3. The Kier molecular flexibility index (Phi) is 5.09. The van der Waals surface area contributed by atoms with E-state index < -0.39 is 6.09 Å². The zero-order valence-corrected chi connectivity index (χ0v) is 16.9. The highest BCUT2D eigenvalue weighted by molar-refractivity contribution is 9.10. The fraction of sp³-hybridized carbons (Fsp3) is 0.174. The van der Waals surface area contributed by atoms with Gasteiger partial charge in [0.25, 0.3) is 0 Å². The molecule has 1 atom stereocenters. The van der Waals surface area contributed by atoms with Crippen LogP contribution in [0.15, 0.2) is 71.2 Å². The van der Waals surface area contributed by atoms with Crippen molar-refractivity contribution in [2.75, 3.05) is 6.61 Å². The minimum Gasteiger partial charge on any atom is -0.508 e. The van der Waals surface area contributed by atoms with E-state index in [1.807, 2.05) is 37.3 Å². The lowest BCUT2D eigenvalue weighted by molar-refractivity contribution is 0.139. The predicted molar refractivity (Wildman–Crippen MR) is 112 cm³/mol. The Balaban J connectivity index is 1.45. The van der Waals surface area contributed by atoms with Crippen molar-refractivity contribution < 1.29 is 14.6 Å². The number of phenols is 1. The number of amides is 1. The van der Waals surface area contributed by atoms with E-state index in [4.69, 9.17) is 4.74 Å². The first kappa shape index (κ1) is 18.6. The lowest BCUT2D eigenvalue weighted by atomic mass is 9.98. The number of ether oxygens (including phenoxy) is 1. The molecule has 0 heterocycles. The second-order valence-electron chi connectivity index (χ2n) is 6.89. The summed E-state index contributed by atoms with van der Waals surface area (Å²) in [6, 6.07) is 21.3. The van der Waals surface area contributed by atoms with Crippen molar-refractivity contribution in [1.82, 2.24) is 5.32 Å². The maximum Gasteiger partial charge on any atom is 0.407 e. The third kappa shape index (κ3) is 3.50. The Morgan fingerprint density at radius 1 is 1.07 bits per heavy atom. The van der Waals surface area contributed by atoms with E-state index in [0.29, 0.717) is 5.56 Å². The highest BCUT2D eigenvalue weighted by Gasteiger charge is 2.29. The molecule has 0 fully saturated rings. The lowest BCUT2D eigenvalue weighted by Crippen LogP contribution is -2.28. The van der Waals surface area contributed by atoms with Crippen LogP contribution < -0.4 is 5.32 Å². The Labute approximate surface area is 172 Å². The van der Waals surface area contributed by atoms with Gasteiger partial charge >= 0.3 is 6.09 Å². The van der Waals surface area contributed by atoms with Crippen LogP contribution in [-0.2, 0) is 4.74 Å². The summed E-state index contributed by atoms with van der Waals surface area (Å²) < 4.78 is 6.33. The van der Waals surface area contributed by atoms with Crippen molar-refractivity contribution in [3.8, 4) is 16.9 Å². The quantitative estimate of drug-likeness (QED) is 0.545. The van der Waals surface area contributed by atoms with Gasteiger partial charge in [-0.3, -0.25) is 0 Å². The van der Waals surface area contributed by atoms with Crippen LogP contribution in [-0.4, -0.2) is 17.8 Å². The van der Waals surface area contributed by atoms with Crippen LogP contribution in [0, 0.1) is 0 Å². The smallest absolute Gasteiger partial charge is 0.407 e. The Hall–Kier alpha value is -2.79. The van der Waals surface area contributed by atoms with Gasteiger partial charge in [-0.15, -0.1) is 0 Å². The largest absolute Gasteiger partial charge is 0.508 e. The van der Waals surface area contributed by atoms with Gasteiger partial charge < -0.3 is 15.2 Å². The number of hydrogen-bond donors (Lipinski definition) is 2. The molecule has 1 aliphatic carbocycles. The van der Waals surface area contributed by atoms with Gasteiger partial charge in [-0.25, -0.2) is 4.79 Å². The molecule has 3 aromatic carbocycles. The predicted octanol–water partition coefficient (Wildman–Crippen LogP) is 5.75. The summed E-state index contributed by atoms with van der Waals surface area (Å²) in [5.41, 5.74) is 5.38. The van der Waals surface area contributed by atoms with Crippen molar-refractivity contribution in [3.05, 3.63) is 87.9 Å². The monoisotopic (exact) mass is 437 g/mol. The van der Waals surface area contributed by atoms with Gasteiger partial charge in [-0.2, -0.15) is 0 Å². The minimum absolute atomic E-state index is 0.0227. The molecule has 0 unspecified atom stereocenters. The molecule has 1 amide bonds. The van der Waals surface area contributed by atoms with Gasteiger partial charge in [-0.05, 0) is 41.3 Å². The summed E-state index contributed by atoms with van der Waals surface area (Å²) in [4.78, 5) is 12.4. The number of carbonyl (C=O) groups excluding carboxylic acids is 1. The summed E-state index contributed by atoms with van der Waals surface area (Å²) in [6.45, 7) is 2.07. The fourth-order valence-electron chi connectivity index (χ4n) is 3.78. The molecule has 0 saturated heterocycles. The third-order valence-corrected chi connectivity index (χ3v) is 5.63. The highest BCUT2D eigenvalue weighted by atomic mass is 79.9. The Bertz CT molecular complexity index is 988. The van der Waals surface area contributed by atoms with Crippen molar-refractivity contribution in [2.45, 2.75) is 18.9 Å². The molecule has 0 saturated carbocycles. The van der Waals surface area contributed by atoms with Crippen molar-refractivity contribution >= 4 is 22.0 Å². The molecule has 0 radical (unpaired) electrons. The number of benzene rings is 3. The van der Waals surface area contributed by atoms with Crippen LogP contribution in [0.3, 0.4) is 0 Å². The third-order valence-electron chi connectivity index (χ3n) is 5.14. The highest BCUT2D eigenvalue weighted by Crippen LogP contribution is 2.44. The summed E-state index contributed by atoms with van der Waals surface area (Å²) in [5, 5.41) is 12.9. The van der Waals surface area contributed by atoms with Crippen LogP contribution >= 0.6 is 15.9 Å². The lowest BCUT2D eigenvalue weighted by Gasteiger charge is -2.18. The standard InChI is InChI=1S/C23H20BrNO3/c1-14(16-11-10-15(24)12-22(16)26)25-23(27)28-13-21-19-8-4-2-6-17(19)18-7-3-5-9-20(18)21/h2-12,14,21,26H,13H2,1H3,(H,25,27)/t14-/m0/s1. The molecular weight excluding hydrogens is 418 g/mol. The van der Waals surface area contributed by atoms with Crippen molar-refractivity contribution in [2.24, 2.45) is 0 Å². The topological polar surface area (TPSA) is 58.6 Å². The zero-order valence-electron chi connectivity index (χ0n) is 15.4. The van der Waals surface area contributed by atoms with E-state index in [-0.39, 0.29) is 24.3 Å². The van der Waals surface area contributed by atoms with Gasteiger partial charge in [0.15, 0.2) is 0 Å². The van der Waals surface area contributed by atoms with E-state index in [1.165, 1.54) is 22.3 Å². The number of halogens is 1. The van der Waals surface area contributed by atoms with Gasteiger partial charge in [0.2, 0.25) is 0 Å². The number of carbonyl (C=O) groups is 1. The molecule has 3 aromatic rings. The van der Waals surface area contributed by atoms with Crippen LogP contribution in [0.25, 0.3) is 11.1 Å². The maximum atomic E-state index is 12.4. The molecule has 4 nitrogen and oxygen atoms in total. The van der Waals surface area contributed by atoms with Crippen molar-refractivity contribution in [1.29, 1.82) is 0 Å². The number of hydrogen-bond acceptors (Lipinski definition) is 3. The molecule has 0 bridgehead atoms. The van der Waals surface area contributed by atoms with Gasteiger partial charge in [0.05, 0.1) is 6.04 Å². The second kappa shape index (κ2) is 7.68. The molecule has 1 aliphatic rings. The number of phenolic OH excluding ortho intramolecular Hbond substituents is 1. The van der Waals surface area contributed by atoms with E-state index in [2.05, 4.69) is 45.5 Å². The number of rotatable bonds is 4. The second-order valence-corrected chi connectivity index (χ2v) is 7.81. The van der Waals surface area contributed by atoms with Gasteiger partial charge in [-0.1, -0.05) is 70.5 Å². The normalized spacial score (nSPS) is 13.5. The van der Waals surface area contributed by atoms with E-state index in [0.717, 1.165) is 4.47 Å². The summed E-state index contributed by atoms with van der Waals surface area (Å²) in [7, 11) is 0. The first-order valence-electron chi connectivity index (χ1n) is 9.14. The summed E-state index contributed by atoms with van der Waals surface area (Å²) >= 11 is 3.31. The van der Waals surface area contributed by atoms with Crippen LogP contribution in [0.1, 0.15) is 35.6 Å². The Morgan fingerprint density at radius 2 is 1.68 bits per heavy atom. The molecule has 4 rings (SSSR count). The fourth-order valence-corrected chi connectivity index (χ4v) is 4.13. The van der Waals surface area contributed by atoms with E-state index in [9.17, 15) is 9.90 Å². The van der Waals surface area contributed by atoms with Crippen LogP contribution in [0.4, 0.5) is 4.79 Å². The number of aromatic hydroxyl groups is 1. The van der Waals surface area contributed by atoms with E-state index in [1.54, 1.807) is 12.1 Å². The number of nitrogens with one attached hydrogen (secondary N) is 1. The average Bonchev–Trinajstić information content (AvgIpc) is 3.00. The zero-order chi connectivity index (χ0) is 19.7. The first-order chi connectivity index (χ1) is 13.5.